The van der Waals surface area contributed by atoms with Crippen LogP contribution in [0.3, 0.4) is 0 Å². The molecule has 0 radical (unpaired) electrons. The van der Waals surface area contributed by atoms with Crippen molar-refractivity contribution in [2.24, 2.45) is 0 Å². The first-order chi connectivity index (χ1) is 7.24. The number of hydrogen-bond donors (Lipinski definition) is 0. The zero-order chi connectivity index (χ0) is 10.8. The molecule has 0 saturated carbocycles. The van der Waals surface area contributed by atoms with Crippen LogP contribution in [0.5, 0.6) is 0 Å². The van der Waals surface area contributed by atoms with Gasteiger partial charge in [-0.25, -0.2) is 9.78 Å². The predicted molar refractivity (Wildman–Crippen MR) is 56.3 cm³/mol. The van der Waals surface area contributed by atoms with Crippen LogP contribution in [0.1, 0.15) is 6.92 Å². The average molecular weight is 224 g/mol. The summed E-state index contributed by atoms with van der Waals surface area (Å²) in [4.78, 5) is 27.1. The highest BCUT2D eigenvalue weighted by atomic mass is 32.1. The standard InChI is InChI=1S/C9H8N2O3S/c1-2-14-8(12)11-6-4-3-5-10-7(6)15-9(11)13/h3-5H,2H2,1H3. The lowest BCUT2D eigenvalue weighted by Crippen LogP contribution is -2.23. The number of fused-ring (bicyclic) bond motifs is 1. The summed E-state index contributed by atoms with van der Waals surface area (Å²) in [7, 11) is 0. The first-order valence-electron chi connectivity index (χ1n) is 4.37. The van der Waals surface area contributed by atoms with Crippen molar-refractivity contribution in [3.8, 4) is 0 Å². The van der Waals surface area contributed by atoms with Crippen LogP contribution in [0.15, 0.2) is 23.1 Å². The molecule has 78 valence electrons. The summed E-state index contributed by atoms with van der Waals surface area (Å²) < 4.78 is 5.77. The van der Waals surface area contributed by atoms with Crippen LogP contribution in [-0.4, -0.2) is 22.3 Å². The van der Waals surface area contributed by atoms with E-state index in [0.717, 1.165) is 15.9 Å². The maximum Gasteiger partial charge on any atom is 0.422 e. The molecule has 0 bridgehead atoms. The number of carbonyl (C=O) groups is 1. The number of thiazole rings is 1. The van der Waals surface area contributed by atoms with E-state index in [1.54, 1.807) is 25.3 Å². The quantitative estimate of drug-likeness (QED) is 0.735. The fraction of sp³-hybridized carbons (Fsp3) is 0.222. The predicted octanol–water partition coefficient (Wildman–Crippen LogP) is 1.46. The Balaban J connectivity index is 2.64. The van der Waals surface area contributed by atoms with Crippen LogP contribution in [0.4, 0.5) is 4.79 Å². The third-order valence-electron chi connectivity index (χ3n) is 1.81. The molecule has 0 amide bonds. The lowest BCUT2D eigenvalue weighted by molar-refractivity contribution is 0.154. The van der Waals surface area contributed by atoms with E-state index in [9.17, 15) is 9.59 Å². The van der Waals surface area contributed by atoms with Crippen LogP contribution in [0.25, 0.3) is 10.3 Å². The Morgan fingerprint density at radius 1 is 1.67 bits per heavy atom. The maximum atomic E-state index is 11.5. The molecule has 0 unspecified atom stereocenters. The third-order valence-corrected chi connectivity index (χ3v) is 2.67. The molecule has 2 heterocycles. The highest BCUT2D eigenvalue weighted by molar-refractivity contribution is 7.16. The van der Waals surface area contributed by atoms with Crippen LogP contribution in [-0.2, 0) is 4.74 Å². The SMILES string of the molecule is CCOC(=O)n1c(=O)sc2ncccc21. The number of rotatable bonds is 1. The minimum atomic E-state index is -0.651. The Morgan fingerprint density at radius 2 is 2.47 bits per heavy atom. The molecule has 15 heavy (non-hydrogen) atoms. The third kappa shape index (κ3) is 1.63. The Bertz CT molecular complexity index is 558. The summed E-state index contributed by atoms with van der Waals surface area (Å²) in [6.45, 7) is 1.93. The van der Waals surface area contributed by atoms with Gasteiger partial charge in [0.2, 0.25) is 0 Å². The maximum absolute atomic E-state index is 11.5. The monoisotopic (exact) mass is 224 g/mol. The second-order valence-electron chi connectivity index (χ2n) is 2.73. The van der Waals surface area contributed by atoms with Gasteiger partial charge in [-0.05, 0) is 19.1 Å². The highest BCUT2D eigenvalue weighted by Gasteiger charge is 2.15. The van der Waals surface area contributed by atoms with Gasteiger partial charge in [0.05, 0.1) is 12.1 Å². The number of pyridine rings is 1. The van der Waals surface area contributed by atoms with Crippen molar-refractivity contribution < 1.29 is 9.53 Å². The number of carbonyl (C=O) groups excluding carboxylic acids is 1. The Labute approximate surface area is 88.9 Å². The summed E-state index contributed by atoms with van der Waals surface area (Å²) in [5.74, 6) is 0. The molecule has 0 aromatic carbocycles. The summed E-state index contributed by atoms with van der Waals surface area (Å²) in [5.41, 5.74) is 0.492. The zero-order valence-electron chi connectivity index (χ0n) is 7.97. The Hall–Kier alpha value is -1.69. The van der Waals surface area contributed by atoms with Crippen LogP contribution in [0, 0.1) is 0 Å². The molecule has 0 aliphatic rings. The molecule has 5 nitrogen and oxygen atoms in total. The van der Waals surface area contributed by atoms with Gasteiger partial charge >= 0.3 is 11.0 Å². The van der Waals surface area contributed by atoms with Gasteiger partial charge in [-0.1, -0.05) is 11.3 Å². The smallest absolute Gasteiger partial charge is 0.422 e. The summed E-state index contributed by atoms with van der Waals surface area (Å²) in [5, 5.41) is 0. The molecule has 0 aliphatic heterocycles. The summed E-state index contributed by atoms with van der Waals surface area (Å²) >= 11 is 0.928. The van der Waals surface area contributed by atoms with Crippen molar-refractivity contribution in [3.05, 3.63) is 28.0 Å². The van der Waals surface area contributed by atoms with E-state index in [-0.39, 0.29) is 11.5 Å². The van der Waals surface area contributed by atoms with Crippen molar-refractivity contribution in [1.29, 1.82) is 0 Å². The minimum absolute atomic E-state index is 0.239. The lowest BCUT2D eigenvalue weighted by Gasteiger charge is -2.01. The van der Waals surface area contributed by atoms with Gasteiger partial charge in [0, 0.05) is 6.20 Å². The second-order valence-corrected chi connectivity index (χ2v) is 3.67. The fourth-order valence-corrected chi connectivity index (χ4v) is 2.03. The average Bonchev–Trinajstić information content (AvgIpc) is 2.54. The number of ether oxygens (including phenoxy) is 1. The summed E-state index contributed by atoms with van der Waals surface area (Å²) in [6, 6.07) is 3.33. The van der Waals surface area contributed by atoms with E-state index in [4.69, 9.17) is 4.74 Å². The van der Waals surface area contributed by atoms with E-state index in [1.807, 2.05) is 0 Å². The van der Waals surface area contributed by atoms with Crippen LogP contribution < -0.4 is 4.87 Å². The zero-order valence-corrected chi connectivity index (χ0v) is 8.78. The molecule has 0 saturated heterocycles. The Kier molecular flexibility index (Phi) is 2.51. The minimum Gasteiger partial charge on any atom is -0.449 e. The van der Waals surface area contributed by atoms with Gasteiger partial charge in [0.1, 0.15) is 4.83 Å². The van der Waals surface area contributed by atoms with E-state index >= 15 is 0 Å². The van der Waals surface area contributed by atoms with Gasteiger partial charge in [0.25, 0.3) is 0 Å². The molecule has 0 N–H and O–H groups in total. The van der Waals surface area contributed by atoms with Gasteiger partial charge < -0.3 is 4.74 Å². The Morgan fingerprint density at radius 3 is 3.20 bits per heavy atom. The van der Waals surface area contributed by atoms with Crippen LogP contribution in [0.2, 0.25) is 0 Å². The summed E-state index contributed by atoms with van der Waals surface area (Å²) in [6.07, 6.45) is 0.926. The van der Waals surface area contributed by atoms with Gasteiger partial charge in [-0.2, -0.15) is 4.57 Å². The van der Waals surface area contributed by atoms with Crippen molar-refractivity contribution in [1.82, 2.24) is 9.55 Å². The molecule has 0 aliphatic carbocycles. The number of hydrogen-bond acceptors (Lipinski definition) is 5. The highest BCUT2D eigenvalue weighted by Crippen LogP contribution is 2.13. The molecule has 0 atom stereocenters. The van der Waals surface area contributed by atoms with Crippen molar-refractivity contribution in [2.75, 3.05) is 6.61 Å². The first-order valence-corrected chi connectivity index (χ1v) is 5.19. The van der Waals surface area contributed by atoms with Gasteiger partial charge in [-0.15, -0.1) is 0 Å². The second kappa shape index (κ2) is 3.82. The van der Waals surface area contributed by atoms with E-state index in [0.29, 0.717) is 10.3 Å². The molecule has 2 aromatic rings. The van der Waals surface area contributed by atoms with Crippen molar-refractivity contribution in [2.45, 2.75) is 6.92 Å². The fourth-order valence-electron chi connectivity index (χ4n) is 1.22. The first kappa shape index (κ1) is 9.85. The molecule has 2 rings (SSSR count). The number of aromatic nitrogens is 2. The molecule has 0 spiro atoms. The normalized spacial score (nSPS) is 10.5. The molecule has 6 heteroatoms. The van der Waals surface area contributed by atoms with Gasteiger partial charge in [-0.3, -0.25) is 4.79 Å². The van der Waals surface area contributed by atoms with E-state index < -0.39 is 6.09 Å². The van der Waals surface area contributed by atoms with Crippen molar-refractivity contribution in [3.63, 3.8) is 0 Å². The molecular weight excluding hydrogens is 216 g/mol. The van der Waals surface area contributed by atoms with Gasteiger partial charge in [0.15, 0.2) is 0 Å². The largest absolute Gasteiger partial charge is 0.449 e. The number of nitrogens with zero attached hydrogens (tertiary/aromatic N) is 2. The van der Waals surface area contributed by atoms with Crippen LogP contribution >= 0.6 is 11.3 Å². The van der Waals surface area contributed by atoms with Crippen molar-refractivity contribution >= 4 is 27.8 Å². The van der Waals surface area contributed by atoms with E-state index in [2.05, 4.69) is 4.98 Å². The van der Waals surface area contributed by atoms with E-state index in [1.165, 1.54) is 0 Å². The molecular formula is C9H8N2O3S. The lowest BCUT2D eigenvalue weighted by atomic mass is 10.4. The topological polar surface area (TPSA) is 61.2 Å². The molecule has 2 aromatic heterocycles. The molecule has 0 fully saturated rings.